The van der Waals surface area contributed by atoms with Crippen LogP contribution in [-0.2, 0) is 0 Å². The van der Waals surface area contributed by atoms with Crippen molar-refractivity contribution in [2.24, 2.45) is 0 Å². The van der Waals surface area contributed by atoms with Crippen LogP contribution in [0, 0.1) is 0 Å². The Morgan fingerprint density at radius 2 is 1.55 bits per heavy atom. The second-order valence-electron chi connectivity index (χ2n) is 7.54. The maximum atomic E-state index is 13.1. The summed E-state index contributed by atoms with van der Waals surface area (Å²) >= 11 is 0. The van der Waals surface area contributed by atoms with Crippen molar-refractivity contribution in [3.63, 3.8) is 0 Å². The van der Waals surface area contributed by atoms with E-state index in [4.69, 9.17) is 9.47 Å². The van der Waals surface area contributed by atoms with Gasteiger partial charge >= 0.3 is 0 Å². The van der Waals surface area contributed by atoms with Crippen molar-refractivity contribution in [1.29, 1.82) is 0 Å². The lowest BCUT2D eigenvalue weighted by Crippen LogP contribution is -2.49. The largest absolute Gasteiger partial charge is 0.486 e. The van der Waals surface area contributed by atoms with Crippen molar-refractivity contribution in [3.8, 4) is 11.5 Å². The molecule has 1 aromatic carbocycles. The zero-order valence-corrected chi connectivity index (χ0v) is 16.4. The van der Waals surface area contributed by atoms with Gasteiger partial charge in [-0.2, -0.15) is 0 Å². The maximum absolute atomic E-state index is 13.1. The van der Waals surface area contributed by atoms with Gasteiger partial charge in [0.15, 0.2) is 11.5 Å². The normalized spacial score (nSPS) is 18.8. The Balaban J connectivity index is 1.26. The summed E-state index contributed by atoms with van der Waals surface area (Å²) < 4.78 is 11.3. The van der Waals surface area contributed by atoms with Crippen molar-refractivity contribution in [1.82, 2.24) is 14.9 Å². The van der Waals surface area contributed by atoms with E-state index >= 15 is 0 Å². The number of amides is 1. The smallest absolute Gasteiger partial charge is 0.257 e. The standard InChI is InChI=1S/C21H25N5O3/c27-21(16-4-3-5-17-20(16)29-13-12-28-17)26-10-8-25(9-11-26)19-14-18(22-15-23-19)24-6-1-2-7-24/h3-5,14-15H,1-2,6-13H2. The number of piperazine rings is 1. The first-order valence-corrected chi connectivity index (χ1v) is 10.3. The first-order valence-electron chi connectivity index (χ1n) is 10.3. The van der Waals surface area contributed by atoms with E-state index < -0.39 is 0 Å². The summed E-state index contributed by atoms with van der Waals surface area (Å²) in [5, 5.41) is 0. The highest BCUT2D eigenvalue weighted by Crippen LogP contribution is 2.34. The molecule has 0 radical (unpaired) electrons. The number of para-hydroxylation sites is 1. The predicted molar refractivity (Wildman–Crippen MR) is 109 cm³/mol. The number of aromatic nitrogens is 2. The van der Waals surface area contributed by atoms with Crippen molar-refractivity contribution in [2.75, 3.05) is 62.3 Å². The van der Waals surface area contributed by atoms with Gasteiger partial charge in [-0.15, -0.1) is 0 Å². The van der Waals surface area contributed by atoms with Crippen molar-refractivity contribution < 1.29 is 14.3 Å². The van der Waals surface area contributed by atoms with Crippen LogP contribution in [0.15, 0.2) is 30.6 Å². The fourth-order valence-electron chi connectivity index (χ4n) is 4.18. The van der Waals surface area contributed by atoms with Crippen LogP contribution < -0.4 is 19.3 Å². The molecule has 2 fully saturated rings. The van der Waals surface area contributed by atoms with Crippen LogP contribution in [-0.4, -0.2) is 73.3 Å². The van der Waals surface area contributed by atoms with Crippen LogP contribution in [0.4, 0.5) is 11.6 Å². The lowest BCUT2D eigenvalue weighted by molar-refractivity contribution is 0.0736. The number of hydrogen-bond donors (Lipinski definition) is 0. The summed E-state index contributed by atoms with van der Waals surface area (Å²) in [6.07, 6.45) is 4.09. The quantitative estimate of drug-likeness (QED) is 0.785. The highest BCUT2D eigenvalue weighted by Gasteiger charge is 2.27. The van der Waals surface area contributed by atoms with Gasteiger partial charge < -0.3 is 24.2 Å². The van der Waals surface area contributed by atoms with Crippen LogP contribution in [0.5, 0.6) is 11.5 Å². The summed E-state index contributed by atoms with van der Waals surface area (Å²) in [7, 11) is 0. The maximum Gasteiger partial charge on any atom is 0.257 e. The van der Waals surface area contributed by atoms with E-state index in [1.807, 2.05) is 23.1 Å². The minimum atomic E-state index is -0.00700. The first kappa shape index (κ1) is 18.0. The molecule has 0 saturated carbocycles. The lowest BCUT2D eigenvalue weighted by Gasteiger charge is -2.36. The van der Waals surface area contributed by atoms with E-state index in [9.17, 15) is 4.79 Å². The molecule has 29 heavy (non-hydrogen) atoms. The molecule has 2 saturated heterocycles. The van der Waals surface area contributed by atoms with E-state index in [0.717, 1.165) is 37.8 Å². The molecule has 2 aromatic rings. The fraction of sp³-hybridized carbons (Fsp3) is 0.476. The third-order valence-corrected chi connectivity index (χ3v) is 5.76. The summed E-state index contributed by atoms with van der Waals surface area (Å²) in [6.45, 7) is 5.89. The number of anilines is 2. The molecular formula is C21H25N5O3. The van der Waals surface area contributed by atoms with Crippen molar-refractivity contribution >= 4 is 17.5 Å². The highest BCUT2D eigenvalue weighted by molar-refractivity contribution is 5.98. The minimum Gasteiger partial charge on any atom is -0.486 e. The van der Waals surface area contributed by atoms with E-state index in [1.165, 1.54) is 12.8 Å². The van der Waals surface area contributed by atoms with Gasteiger partial charge in [-0.3, -0.25) is 4.79 Å². The number of nitrogens with zero attached hydrogens (tertiary/aromatic N) is 5. The molecular weight excluding hydrogens is 370 g/mol. The minimum absolute atomic E-state index is 0.00700. The molecule has 0 atom stereocenters. The first-order chi connectivity index (χ1) is 14.3. The topological polar surface area (TPSA) is 71.0 Å². The summed E-state index contributed by atoms with van der Waals surface area (Å²) in [5.41, 5.74) is 0.578. The Morgan fingerprint density at radius 3 is 2.31 bits per heavy atom. The number of rotatable bonds is 3. The number of hydrogen-bond acceptors (Lipinski definition) is 7. The Morgan fingerprint density at radius 1 is 0.862 bits per heavy atom. The molecule has 152 valence electrons. The summed E-state index contributed by atoms with van der Waals surface area (Å²) in [5.74, 6) is 3.14. The molecule has 3 aliphatic rings. The van der Waals surface area contributed by atoms with Gasteiger partial charge in [0.05, 0.1) is 5.56 Å². The van der Waals surface area contributed by atoms with E-state index in [-0.39, 0.29) is 5.91 Å². The van der Waals surface area contributed by atoms with Gasteiger partial charge in [0.2, 0.25) is 0 Å². The molecule has 4 heterocycles. The number of ether oxygens (including phenoxy) is 2. The van der Waals surface area contributed by atoms with Gasteiger partial charge in [-0.05, 0) is 25.0 Å². The number of benzene rings is 1. The van der Waals surface area contributed by atoms with Crippen molar-refractivity contribution in [2.45, 2.75) is 12.8 Å². The average Bonchev–Trinajstić information content (AvgIpc) is 3.34. The number of fused-ring (bicyclic) bond motifs is 1. The second kappa shape index (κ2) is 7.77. The molecule has 0 unspecified atom stereocenters. The van der Waals surface area contributed by atoms with Crippen LogP contribution in [0.1, 0.15) is 23.2 Å². The average molecular weight is 395 g/mol. The van der Waals surface area contributed by atoms with E-state index in [0.29, 0.717) is 43.4 Å². The Bertz CT molecular complexity index is 892. The van der Waals surface area contributed by atoms with E-state index in [1.54, 1.807) is 6.33 Å². The van der Waals surface area contributed by atoms with Crippen LogP contribution in [0.25, 0.3) is 0 Å². The van der Waals surface area contributed by atoms with Gasteiger partial charge in [0, 0.05) is 45.3 Å². The molecule has 0 aliphatic carbocycles. The summed E-state index contributed by atoms with van der Waals surface area (Å²) in [6, 6.07) is 7.57. The molecule has 0 bridgehead atoms. The monoisotopic (exact) mass is 395 g/mol. The van der Waals surface area contributed by atoms with E-state index in [2.05, 4.69) is 25.8 Å². The lowest BCUT2D eigenvalue weighted by atomic mass is 10.1. The zero-order valence-electron chi connectivity index (χ0n) is 16.4. The zero-order chi connectivity index (χ0) is 19.6. The second-order valence-corrected chi connectivity index (χ2v) is 7.54. The Labute approximate surface area is 170 Å². The molecule has 0 spiro atoms. The van der Waals surface area contributed by atoms with Gasteiger partial charge in [0.25, 0.3) is 5.91 Å². The van der Waals surface area contributed by atoms with Crippen LogP contribution in [0.3, 0.4) is 0 Å². The molecule has 8 heteroatoms. The molecule has 8 nitrogen and oxygen atoms in total. The third kappa shape index (κ3) is 3.54. The molecule has 1 amide bonds. The fourth-order valence-corrected chi connectivity index (χ4v) is 4.18. The molecule has 0 N–H and O–H groups in total. The number of carbonyl (C=O) groups excluding carboxylic acids is 1. The number of carbonyl (C=O) groups is 1. The molecule has 5 rings (SSSR count). The van der Waals surface area contributed by atoms with Crippen LogP contribution >= 0.6 is 0 Å². The Hall–Kier alpha value is -3.03. The van der Waals surface area contributed by atoms with Gasteiger partial charge in [-0.1, -0.05) is 6.07 Å². The predicted octanol–water partition coefficient (Wildman–Crippen LogP) is 1.81. The van der Waals surface area contributed by atoms with Gasteiger partial charge in [-0.25, -0.2) is 9.97 Å². The molecule has 1 aromatic heterocycles. The third-order valence-electron chi connectivity index (χ3n) is 5.76. The Kier molecular flexibility index (Phi) is 4.83. The van der Waals surface area contributed by atoms with Gasteiger partial charge in [0.1, 0.15) is 31.2 Å². The highest BCUT2D eigenvalue weighted by atomic mass is 16.6. The van der Waals surface area contributed by atoms with Crippen LogP contribution in [0.2, 0.25) is 0 Å². The summed E-state index contributed by atoms with van der Waals surface area (Å²) in [4.78, 5) is 28.4. The van der Waals surface area contributed by atoms with Crippen molar-refractivity contribution in [3.05, 3.63) is 36.2 Å². The molecule has 3 aliphatic heterocycles. The SMILES string of the molecule is O=C(c1cccc2c1OCCO2)N1CCN(c2cc(N3CCCC3)ncn2)CC1.